The van der Waals surface area contributed by atoms with Crippen molar-refractivity contribution in [3.63, 3.8) is 0 Å². The molecule has 0 amide bonds. The molecule has 0 aromatic heterocycles. The van der Waals surface area contributed by atoms with Gasteiger partial charge in [0.05, 0.1) is 5.56 Å². The molecular formula is C19H30N2O2. The summed E-state index contributed by atoms with van der Waals surface area (Å²) >= 11 is 0. The van der Waals surface area contributed by atoms with E-state index in [4.69, 9.17) is 5.11 Å². The van der Waals surface area contributed by atoms with Crippen LogP contribution in [0.3, 0.4) is 0 Å². The van der Waals surface area contributed by atoms with Gasteiger partial charge >= 0.3 is 5.97 Å². The molecule has 128 valence electrons. The van der Waals surface area contributed by atoms with Crippen LogP contribution >= 0.6 is 0 Å². The van der Waals surface area contributed by atoms with Gasteiger partial charge in [-0.1, -0.05) is 31.9 Å². The predicted octanol–water partition coefficient (Wildman–Crippen LogP) is 3.47. The van der Waals surface area contributed by atoms with Crippen LogP contribution in [0.5, 0.6) is 0 Å². The van der Waals surface area contributed by atoms with Gasteiger partial charge in [0.25, 0.3) is 0 Å². The Morgan fingerprint density at radius 2 is 1.74 bits per heavy atom. The number of rotatable bonds is 8. The molecule has 0 unspecified atom stereocenters. The van der Waals surface area contributed by atoms with E-state index in [0.717, 1.165) is 32.6 Å². The Bertz CT molecular complexity index is 465. The summed E-state index contributed by atoms with van der Waals surface area (Å²) in [6, 6.07) is 7.29. The monoisotopic (exact) mass is 318 g/mol. The molecule has 1 heterocycles. The first-order valence-corrected chi connectivity index (χ1v) is 8.96. The standard InChI is InChI=1S/C19H30N2O2/c1-2-11-21(15-14-20-12-5-3-4-6-13-20)16-17-7-9-18(10-8-17)19(22)23/h7-10H,2-6,11-16H2,1H3,(H,22,23). The zero-order chi connectivity index (χ0) is 16.5. The minimum atomic E-state index is -0.858. The molecular weight excluding hydrogens is 288 g/mol. The van der Waals surface area contributed by atoms with Crippen molar-refractivity contribution in [3.8, 4) is 0 Å². The molecule has 0 spiro atoms. The summed E-state index contributed by atoms with van der Waals surface area (Å²) in [6.45, 7) is 8.94. The topological polar surface area (TPSA) is 43.8 Å². The maximum absolute atomic E-state index is 10.9. The van der Waals surface area contributed by atoms with Gasteiger partial charge in [-0.2, -0.15) is 0 Å². The number of benzene rings is 1. The van der Waals surface area contributed by atoms with Gasteiger partial charge in [-0.15, -0.1) is 0 Å². The van der Waals surface area contributed by atoms with E-state index in [9.17, 15) is 4.79 Å². The van der Waals surface area contributed by atoms with Crippen molar-refractivity contribution in [2.45, 2.75) is 45.6 Å². The Balaban J connectivity index is 1.85. The van der Waals surface area contributed by atoms with Gasteiger partial charge < -0.3 is 10.0 Å². The largest absolute Gasteiger partial charge is 0.478 e. The lowest BCUT2D eigenvalue weighted by Crippen LogP contribution is -2.35. The minimum Gasteiger partial charge on any atom is -0.478 e. The lowest BCUT2D eigenvalue weighted by molar-refractivity contribution is 0.0697. The fourth-order valence-electron chi connectivity index (χ4n) is 3.24. The van der Waals surface area contributed by atoms with Crippen molar-refractivity contribution in [1.82, 2.24) is 9.80 Å². The highest BCUT2D eigenvalue weighted by molar-refractivity contribution is 5.87. The van der Waals surface area contributed by atoms with E-state index in [1.165, 1.54) is 44.3 Å². The number of hydrogen-bond acceptors (Lipinski definition) is 3. The maximum atomic E-state index is 10.9. The highest BCUT2D eigenvalue weighted by atomic mass is 16.4. The van der Waals surface area contributed by atoms with E-state index < -0.39 is 5.97 Å². The van der Waals surface area contributed by atoms with Crippen molar-refractivity contribution < 1.29 is 9.90 Å². The Morgan fingerprint density at radius 3 is 2.30 bits per heavy atom. The second-order valence-electron chi connectivity index (χ2n) is 6.53. The van der Waals surface area contributed by atoms with Gasteiger partial charge in [-0.25, -0.2) is 4.79 Å². The normalized spacial score (nSPS) is 16.4. The first kappa shape index (κ1) is 18.0. The van der Waals surface area contributed by atoms with Gasteiger partial charge in [0, 0.05) is 19.6 Å². The SMILES string of the molecule is CCCN(CCN1CCCCCC1)Cc1ccc(C(=O)O)cc1. The highest BCUT2D eigenvalue weighted by Gasteiger charge is 2.12. The van der Waals surface area contributed by atoms with Crippen molar-refractivity contribution in [2.75, 3.05) is 32.7 Å². The van der Waals surface area contributed by atoms with Crippen LogP contribution < -0.4 is 0 Å². The van der Waals surface area contributed by atoms with Crippen LogP contribution in [0.4, 0.5) is 0 Å². The van der Waals surface area contributed by atoms with Crippen LogP contribution in [0.25, 0.3) is 0 Å². The van der Waals surface area contributed by atoms with Crippen LogP contribution in [0.15, 0.2) is 24.3 Å². The van der Waals surface area contributed by atoms with Crippen molar-refractivity contribution >= 4 is 5.97 Å². The molecule has 0 atom stereocenters. The van der Waals surface area contributed by atoms with Crippen molar-refractivity contribution in [3.05, 3.63) is 35.4 Å². The molecule has 1 aliphatic heterocycles. The number of hydrogen-bond donors (Lipinski definition) is 1. The van der Waals surface area contributed by atoms with Gasteiger partial charge in [0.15, 0.2) is 0 Å². The van der Waals surface area contributed by atoms with Crippen LogP contribution in [0, 0.1) is 0 Å². The quantitative estimate of drug-likeness (QED) is 0.797. The molecule has 23 heavy (non-hydrogen) atoms. The summed E-state index contributed by atoms with van der Waals surface area (Å²) in [4.78, 5) is 16.0. The maximum Gasteiger partial charge on any atom is 0.335 e. The van der Waals surface area contributed by atoms with Crippen LogP contribution in [0.2, 0.25) is 0 Å². The van der Waals surface area contributed by atoms with Crippen LogP contribution in [0.1, 0.15) is 54.9 Å². The lowest BCUT2D eigenvalue weighted by atomic mass is 10.1. The van der Waals surface area contributed by atoms with E-state index in [0.29, 0.717) is 5.56 Å². The first-order valence-electron chi connectivity index (χ1n) is 8.96. The third-order valence-electron chi connectivity index (χ3n) is 4.58. The number of aromatic carboxylic acids is 1. The molecule has 0 bridgehead atoms. The molecule has 0 saturated carbocycles. The third-order valence-corrected chi connectivity index (χ3v) is 4.58. The van der Waals surface area contributed by atoms with Crippen LogP contribution in [-0.4, -0.2) is 53.6 Å². The molecule has 4 nitrogen and oxygen atoms in total. The predicted molar refractivity (Wildman–Crippen MR) is 93.9 cm³/mol. The van der Waals surface area contributed by atoms with Gasteiger partial charge in [-0.05, 0) is 56.6 Å². The summed E-state index contributed by atoms with van der Waals surface area (Å²) in [5.41, 5.74) is 1.56. The number of carboxylic acids is 1. The molecule has 0 aliphatic carbocycles. The summed E-state index contributed by atoms with van der Waals surface area (Å²) in [5.74, 6) is -0.858. The molecule has 2 rings (SSSR count). The first-order chi connectivity index (χ1) is 11.2. The van der Waals surface area contributed by atoms with E-state index in [-0.39, 0.29) is 0 Å². The fraction of sp³-hybridized carbons (Fsp3) is 0.632. The number of carbonyl (C=O) groups is 1. The summed E-state index contributed by atoms with van der Waals surface area (Å²) < 4.78 is 0. The van der Waals surface area contributed by atoms with Crippen LogP contribution in [-0.2, 0) is 6.54 Å². The Labute approximate surface area is 140 Å². The third kappa shape index (κ3) is 6.32. The van der Waals surface area contributed by atoms with Gasteiger partial charge in [0.2, 0.25) is 0 Å². The molecule has 4 heteroatoms. The molecule has 1 N–H and O–H groups in total. The Hall–Kier alpha value is -1.39. The summed E-state index contributed by atoms with van der Waals surface area (Å²) in [7, 11) is 0. The minimum absolute atomic E-state index is 0.361. The van der Waals surface area contributed by atoms with E-state index in [1.54, 1.807) is 12.1 Å². The second-order valence-corrected chi connectivity index (χ2v) is 6.53. The molecule has 1 aromatic carbocycles. The molecule has 1 saturated heterocycles. The zero-order valence-electron chi connectivity index (χ0n) is 14.3. The fourth-order valence-corrected chi connectivity index (χ4v) is 3.24. The Morgan fingerprint density at radius 1 is 1.09 bits per heavy atom. The van der Waals surface area contributed by atoms with Crippen molar-refractivity contribution in [1.29, 1.82) is 0 Å². The number of carboxylic acid groups (broad SMARTS) is 1. The number of nitrogens with zero attached hydrogens (tertiary/aromatic N) is 2. The molecule has 0 radical (unpaired) electrons. The average molecular weight is 318 g/mol. The number of likely N-dealkylation sites (tertiary alicyclic amines) is 1. The van der Waals surface area contributed by atoms with E-state index in [2.05, 4.69) is 16.7 Å². The van der Waals surface area contributed by atoms with Crippen molar-refractivity contribution in [2.24, 2.45) is 0 Å². The molecule has 1 fully saturated rings. The summed E-state index contributed by atoms with van der Waals surface area (Å²) in [5, 5.41) is 8.98. The van der Waals surface area contributed by atoms with E-state index in [1.807, 2.05) is 12.1 Å². The lowest BCUT2D eigenvalue weighted by Gasteiger charge is -2.26. The van der Waals surface area contributed by atoms with Gasteiger partial charge in [0.1, 0.15) is 0 Å². The zero-order valence-corrected chi connectivity index (χ0v) is 14.3. The Kier molecular flexibility index (Phi) is 7.56. The smallest absolute Gasteiger partial charge is 0.335 e. The van der Waals surface area contributed by atoms with Gasteiger partial charge in [-0.3, -0.25) is 4.90 Å². The average Bonchev–Trinajstić information content (AvgIpc) is 2.82. The molecule has 1 aromatic rings. The summed E-state index contributed by atoms with van der Waals surface area (Å²) in [6.07, 6.45) is 6.58. The molecule has 1 aliphatic rings. The second kappa shape index (κ2) is 9.68. The highest BCUT2D eigenvalue weighted by Crippen LogP contribution is 2.11. The van der Waals surface area contributed by atoms with E-state index >= 15 is 0 Å².